The first-order chi connectivity index (χ1) is 11.0. The minimum Gasteiger partial charge on any atom is -0.349 e. The van der Waals surface area contributed by atoms with Gasteiger partial charge in [-0.25, -0.2) is 13.1 Å². The van der Waals surface area contributed by atoms with Crippen molar-refractivity contribution in [2.75, 3.05) is 6.54 Å². The van der Waals surface area contributed by atoms with Gasteiger partial charge in [-0.15, -0.1) is 6.58 Å². The van der Waals surface area contributed by atoms with Gasteiger partial charge in [-0.3, -0.25) is 4.79 Å². The maximum atomic E-state index is 12.5. The van der Waals surface area contributed by atoms with Crippen molar-refractivity contribution in [1.29, 1.82) is 0 Å². The zero-order valence-electron chi connectivity index (χ0n) is 13.3. The molecule has 1 aromatic carbocycles. The highest BCUT2D eigenvalue weighted by molar-refractivity contribution is 7.89. The van der Waals surface area contributed by atoms with Crippen LogP contribution >= 0.6 is 0 Å². The zero-order valence-corrected chi connectivity index (χ0v) is 14.1. The van der Waals surface area contributed by atoms with Crippen molar-refractivity contribution in [2.45, 2.75) is 49.5 Å². The van der Waals surface area contributed by atoms with Crippen molar-refractivity contribution >= 4 is 15.9 Å². The van der Waals surface area contributed by atoms with Gasteiger partial charge in [0.15, 0.2) is 0 Å². The highest BCUT2D eigenvalue weighted by Crippen LogP contribution is 2.20. The predicted octanol–water partition coefficient (Wildman–Crippen LogP) is 2.60. The summed E-state index contributed by atoms with van der Waals surface area (Å²) in [6.45, 7) is 3.88. The van der Waals surface area contributed by atoms with Gasteiger partial charge in [-0.1, -0.05) is 37.8 Å². The number of rotatable bonds is 6. The topological polar surface area (TPSA) is 75.3 Å². The molecule has 0 aromatic heterocycles. The Morgan fingerprint density at radius 1 is 1.22 bits per heavy atom. The summed E-state index contributed by atoms with van der Waals surface area (Å²) in [6, 6.07) is 6.11. The molecule has 1 aromatic rings. The minimum atomic E-state index is -3.60. The first-order valence-corrected chi connectivity index (χ1v) is 9.53. The van der Waals surface area contributed by atoms with Crippen LogP contribution in [0.5, 0.6) is 0 Å². The third-order valence-corrected chi connectivity index (χ3v) is 5.51. The quantitative estimate of drug-likeness (QED) is 0.619. The number of benzene rings is 1. The summed E-state index contributed by atoms with van der Waals surface area (Å²) in [5.74, 6) is -0.309. The van der Waals surface area contributed by atoms with Crippen LogP contribution in [0.2, 0.25) is 0 Å². The van der Waals surface area contributed by atoms with Crippen molar-refractivity contribution in [3.63, 3.8) is 0 Å². The van der Waals surface area contributed by atoms with Gasteiger partial charge in [0.05, 0.1) is 4.90 Å². The molecule has 0 saturated heterocycles. The molecule has 0 bridgehead atoms. The Labute approximate surface area is 138 Å². The molecular formula is C17H24N2O3S. The monoisotopic (exact) mass is 336 g/mol. The van der Waals surface area contributed by atoms with E-state index < -0.39 is 10.0 Å². The average Bonchev–Trinajstić information content (AvgIpc) is 2.81. The van der Waals surface area contributed by atoms with E-state index in [1.165, 1.54) is 12.1 Å². The van der Waals surface area contributed by atoms with Gasteiger partial charge in [0.1, 0.15) is 0 Å². The lowest BCUT2D eigenvalue weighted by Crippen LogP contribution is -2.34. The molecule has 1 saturated carbocycles. The molecule has 6 heteroatoms. The number of nitrogens with one attached hydrogen (secondary N) is 2. The molecule has 1 fully saturated rings. The minimum absolute atomic E-state index is 0.0132. The summed E-state index contributed by atoms with van der Waals surface area (Å²) in [4.78, 5) is 12.1. The predicted molar refractivity (Wildman–Crippen MR) is 90.8 cm³/mol. The molecule has 23 heavy (non-hydrogen) atoms. The summed E-state index contributed by atoms with van der Waals surface area (Å²) < 4.78 is 27.9. The van der Waals surface area contributed by atoms with E-state index in [2.05, 4.69) is 16.6 Å². The molecule has 0 spiro atoms. The zero-order chi connectivity index (χ0) is 16.7. The first-order valence-electron chi connectivity index (χ1n) is 8.04. The number of carbonyl (C=O) groups is 1. The second kappa shape index (κ2) is 8.26. The largest absolute Gasteiger partial charge is 0.349 e. The highest BCUT2D eigenvalue weighted by Gasteiger charge is 2.21. The summed E-state index contributed by atoms with van der Waals surface area (Å²) in [5, 5.41) is 2.64. The maximum Gasteiger partial charge on any atom is 0.251 e. The van der Waals surface area contributed by atoms with E-state index in [9.17, 15) is 13.2 Å². The average molecular weight is 336 g/mol. The number of carbonyl (C=O) groups excluding carboxylic acids is 1. The molecule has 2 N–H and O–H groups in total. The number of sulfonamides is 1. The molecule has 2 rings (SSSR count). The number of hydrogen-bond donors (Lipinski definition) is 2. The Balaban J connectivity index is 2.12. The van der Waals surface area contributed by atoms with Crippen LogP contribution in [0.25, 0.3) is 0 Å². The van der Waals surface area contributed by atoms with Gasteiger partial charge >= 0.3 is 0 Å². The molecular weight excluding hydrogens is 312 g/mol. The second-order valence-electron chi connectivity index (χ2n) is 5.84. The van der Waals surface area contributed by atoms with E-state index in [-0.39, 0.29) is 16.8 Å². The van der Waals surface area contributed by atoms with Gasteiger partial charge < -0.3 is 5.32 Å². The molecule has 1 aliphatic rings. The Bertz CT molecular complexity index is 648. The van der Waals surface area contributed by atoms with Crippen LogP contribution in [0.1, 0.15) is 48.9 Å². The van der Waals surface area contributed by atoms with E-state index in [1.54, 1.807) is 18.2 Å². The lowest BCUT2D eigenvalue weighted by Gasteiger charge is -2.16. The van der Waals surface area contributed by atoms with Crippen LogP contribution in [-0.4, -0.2) is 26.9 Å². The van der Waals surface area contributed by atoms with E-state index in [0.29, 0.717) is 12.1 Å². The van der Waals surface area contributed by atoms with E-state index in [1.807, 2.05) is 0 Å². The van der Waals surface area contributed by atoms with Crippen LogP contribution < -0.4 is 10.0 Å². The Morgan fingerprint density at radius 3 is 2.57 bits per heavy atom. The van der Waals surface area contributed by atoms with E-state index in [4.69, 9.17) is 0 Å². The number of amides is 1. The van der Waals surface area contributed by atoms with Gasteiger partial charge in [0.25, 0.3) is 5.91 Å². The lowest BCUT2D eigenvalue weighted by atomic mass is 10.1. The maximum absolute atomic E-state index is 12.5. The van der Waals surface area contributed by atoms with Crippen molar-refractivity contribution in [3.05, 3.63) is 42.5 Å². The molecule has 0 unspecified atom stereocenters. The molecule has 1 aliphatic carbocycles. The van der Waals surface area contributed by atoms with Crippen LogP contribution in [0.15, 0.2) is 41.8 Å². The van der Waals surface area contributed by atoms with Gasteiger partial charge in [-0.05, 0) is 31.0 Å². The normalized spacial score (nSPS) is 16.5. The van der Waals surface area contributed by atoms with Crippen LogP contribution in [0, 0.1) is 0 Å². The third kappa shape index (κ3) is 5.18. The summed E-state index contributed by atoms with van der Waals surface area (Å²) in [6.07, 6.45) is 7.76. The fourth-order valence-electron chi connectivity index (χ4n) is 2.76. The summed E-state index contributed by atoms with van der Waals surface area (Å²) >= 11 is 0. The van der Waals surface area contributed by atoms with Crippen LogP contribution in [-0.2, 0) is 10.0 Å². The molecule has 0 aliphatic heterocycles. The summed E-state index contributed by atoms with van der Waals surface area (Å²) in [7, 11) is -3.60. The van der Waals surface area contributed by atoms with E-state index in [0.717, 1.165) is 38.5 Å². The first kappa shape index (κ1) is 17.7. The van der Waals surface area contributed by atoms with Crippen molar-refractivity contribution in [2.24, 2.45) is 0 Å². The van der Waals surface area contributed by atoms with E-state index >= 15 is 0 Å². The fraction of sp³-hybridized carbons (Fsp3) is 0.471. The third-order valence-electron chi connectivity index (χ3n) is 3.99. The SMILES string of the molecule is C=CCNC(=O)c1cccc(S(=O)(=O)NC2CCCCCC2)c1. The molecule has 0 heterocycles. The van der Waals surface area contributed by atoms with Crippen LogP contribution in [0.3, 0.4) is 0 Å². The number of hydrogen-bond acceptors (Lipinski definition) is 3. The summed E-state index contributed by atoms with van der Waals surface area (Å²) in [5.41, 5.74) is 0.329. The molecule has 126 valence electrons. The Kier molecular flexibility index (Phi) is 6.36. The molecule has 1 amide bonds. The smallest absolute Gasteiger partial charge is 0.251 e. The van der Waals surface area contributed by atoms with Crippen molar-refractivity contribution < 1.29 is 13.2 Å². The van der Waals surface area contributed by atoms with Crippen LogP contribution in [0.4, 0.5) is 0 Å². The highest BCUT2D eigenvalue weighted by atomic mass is 32.2. The molecule has 0 atom stereocenters. The van der Waals surface area contributed by atoms with Crippen molar-refractivity contribution in [1.82, 2.24) is 10.0 Å². The Hall–Kier alpha value is -1.66. The van der Waals surface area contributed by atoms with Gasteiger partial charge in [-0.2, -0.15) is 0 Å². The lowest BCUT2D eigenvalue weighted by molar-refractivity contribution is 0.0958. The molecule has 5 nitrogen and oxygen atoms in total. The molecule has 0 radical (unpaired) electrons. The van der Waals surface area contributed by atoms with Gasteiger partial charge in [0, 0.05) is 18.2 Å². The second-order valence-corrected chi connectivity index (χ2v) is 7.55. The Morgan fingerprint density at radius 2 is 1.91 bits per heavy atom. The standard InChI is InChI=1S/C17H24N2O3S/c1-2-12-18-17(20)14-8-7-11-16(13-14)23(21,22)19-15-9-5-3-4-6-10-15/h2,7-8,11,13,15,19H,1,3-6,9-10,12H2,(H,18,20). The fourth-order valence-corrected chi connectivity index (χ4v) is 4.11. The van der Waals surface area contributed by atoms with Crippen molar-refractivity contribution in [3.8, 4) is 0 Å². The van der Waals surface area contributed by atoms with Gasteiger partial charge in [0.2, 0.25) is 10.0 Å².